The molecule has 0 aliphatic carbocycles. The summed E-state index contributed by atoms with van der Waals surface area (Å²) in [6, 6.07) is 0. The van der Waals surface area contributed by atoms with Gasteiger partial charge in [-0.1, -0.05) is 227 Å². The second kappa shape index (κ2) is 46.1. The largest absolute Gasteiger partial charge is 0.302 e. The van der Waals surface area contributed by atoms with Gasteiger partial charge in [0.15, 0.2) is 6.29 Å². The molecule has 0 saturated carbocycles. The molecule has 1 saturated heterocycles. The van der Waals surface area contributed by atoms with Crippen LogP contribution in [0.25, 0.3) is 0 Å². The molecule has 1 fully saturated rings. The molecule has 1 aliphatic heterocycles. The molecule has 0 N–H and O–H groups in total. The molecular formula is C56H114N4O. The van der Waals surface area contributed by atoms with Crippen molar-refractivity contribution >= 4 is 6.29 Å². The molecule has 0 spiro atoms. The summed E-state index contributed by atoms with van der Waals surface area (Å²) in [4.78, 5) is 23.8. The highest BCUT2D eigenvalue weighted by atomic mass is 16.1. The number of unbranched alkanes of at least 4 members (excludes halogenated alkanes) is 30. The lowest BCUT2D eigenvalue weighted by atomic mass is 9.93. The Kier molecular flexibility index (Phi) is 44.2. The number of hydrogen-bond acceptors (Lipinski definition) is 5. The number of nitrogens with zero attached hydrogens (tertiary/aromatic N) is 4. The molecule has 5 nitrogen and oxygen atoms in total. The number of carbonyl (C=O) groups excluding carboxylic acids is 1. The van der Waals surface area contributed by atoms with Crippen LogP contribution in [0.4, 0.5) is 0 Å². The van der Waals surface area contributed by atoms with Crippen LogP contribution in [0.3, 0.4) is 0 Å². The van der Waals surface area contributed by atoms with Gasteiger partial charge in [0.2, 0.25) is 0 Å². The van der Waals surface area contributed by atoms with Crippen molar-refractivity contribution in [2.75, 3.05) is 65.4 Å². The van der Waals surface area contributed by atoms with E-state index in [4.69, 9.17) is 0 Å². The fourth-order valence-electron chi connectivity index (χ4n) is 10.0. The maximum absolute atomic E-state index is 12.9. The Bertz CT molecular complexity index is 826. The van der Waals surface area contributed by atoms with Crippen molar-refractivity contribution in [2.45, 2.75) is 285 Å². The van der Waals surface area contributed by atoms with Gasteiger partial charge in [-0.05, 0) is 83.5 Å². The predicted octanol–water partition coefficient (Wildman–Crippen LogP) is 16.3. The lowest BCUT2D eigenvalue weighted by Crippen LogP contribution is -2.53. The molecular weight excluding hydrogens is 745 g/mol. The van der Waals surface area contributed by atoms with Crippen molar-refractivity contribution in [1.82, 2.24) is 19.6 Å². The molecule has 61 heavy (non-hydrogen) atoms. The lowest BCUT2D eigenvalue weighted by Gasteiger charge is -2.41. The first kappa shape index (κ1) is 58.5. The zero-order chi connectivity index (χ0) is 44.1. The van der Waals surface area contributed by atoms with Crippen LogP contribution in [0.2, 0.25) is 0 Å². The van der Waals surface area contributed by atoms with E-state index < -0.39 is 0 Å². The first-order valence-electron chi connectivity index (χ1n) is 28.5. The van der Waals surface area contributed by atoms with E-state index in [1.165, 1.54) is 290 Å². The quantitative estimate of drug-likeness (QED) is 0.0449. The first-order chi connectivity index (χ1) is 30.1. The molecule has 364 valence electrons. The third-order valence-corrected chi connectivity index (χ3v) is 14.4. The van der Waals surface area contributed by atoms with Crippen molar-refractivity contribution in [3.05, 3.63) is 0 Å². The average molecular weight is 860 g/mol. The van der Waals surface area contributed by atoms with E-state index in [1.54, 1.807) is 0 Å². The summed E-state index contributed by atoms with van der Waals surface area (Å²) in [6.45, 7) is 23.7. The van der Waals surface area contributed by atoms with Gasteiger partial charge in [0.1, 0.15) is 6.17 Å². The highest BCUT2D eigenvalue weighted by Crippen LogP contribution is 2.24. The molecule has 0 bridgehead atoms. The molecule has 0 unspecified atom stereocenters. The minimum absolute atomic E-state index is 0.0198. The van der Waals surface area contributed by atoms with Crippen molar-refractivity contribution in [1.29, 1.82) is 0 Å². The van der Waals surface area contributed by atoms with E-state index >= 15 is 0 Å². The maximum Gasteiger partial charge on any atom is 0.151 e. The van der Waals surface area contributed by atoms with Gasteiger partial charge in [-0.25, -0.2) is 0 Å². The topological polar surface area (TPSA) is 30.0 Å². The smallest absolute Gasteiger partial charge is 0.151 e. The van der Waals surface area contributed by atoms with Crippen LogP contribution in [0.5, 0.6) is 0 Å². The maximum atomic E-state index is 12.9. The number of rotatable bonds is 49. The zero-order valence-corrected chi connectivity index (χ0v) is 42.9. The van der Waals surface area contributed by atoms with E-state index in [-0.39, 0.29) is 6.17 Å². The van der Waals surface area contributed by atoms with E-state index in [2.05, 4.69) is 54.2 Å². The van der Waals surface area contributed by atoms with Crippen LogP contribution in [-0.2, 0) is 4.79 Å². The van der Waals surface area contributed by atoms with Crippen molar-refractivity contribution in [3.8, 4) is 0 Å². The fourth-order valence-corrected chi connectivity index (χ4v) is 10.0. The number of piperidine rings is 1. The van der Waals surface area contributed by atoms with Gasteiger partial charge in [-0.15, -0.1) is 0 Å². The summed E-state index contributed by atoms with van der Waals surface area (Å²) in [5, 5.41) is 0. The molecule has 0 aromatic carbocycles. The van der Waals surface area contributed by atoms with E-state index in [1.807, 2.05) is 0 Å². The van der Waals surface area contributed by atoms with Gasteiger partial charge in [-0.3, -0.25) is 9.80 Å². The number of aldehydes is 1. The standard InChI is InChI=1S/C56H114N4O/c1-6-11-16-21-26-31-36-44-57(45-37-32-27-22-17-12-7-2)52-53-58(46-38-33-28-23-18-13-8-3)49-41-55-42-50-60(51-43-55)56(54-61)59(47-39-34-29-24-19-14-9-4)48-40-35-30-25-20-15-10-5/h54-56H,6-53H2,1-5H3/t56-/m0/s1. The Hall–Kier alpha value is -0.490. The normalized spacial score (nSPS) is 14.6. The summed E-state index contributed by atoms with van der Waals surface area (Å²) >= 11 is 0. The van der Waals surface area contributed by atoms with E-state index in [9.17, 15) is 4.79 Å². The van der Waals surface area contributed by atoms with Gasteiger partial charge >= 0.3 is 0 Å². The van der Waals surface area contributed by atoms with Crippen molar-refractivity contribution in [3.63, 3.8) is 0 Å². The molecule has 5 heteroatoms. The third kappa shape index (κ3) is 35.5. The monoisotopic (exact) mass is 859 g/mol. The molecule has 0 amide bonds. The Labute approximate surface area is 385 Å². The molecule has 1 aliphatic rings. The number of carbonyl (C=O) groups is 1. The summed E-state index contributed by atoms with van der Waals surface area (Å²) in [5.74, 6) is 0.802. The Morgan fingerprint density at radius 1 is 0.377 bits per heavy atom. The summed E-state index contributed by atoms with van der Waals surface area (Å²) < 4.78 is 0. The minimum Gasteiger partial charge on any atom is -0.302 e. The predicted molar refractivity (Wildman–Crippen MR) is 273 cm³/mol. The Morgan fingerprint density at radius 3 is 0.967 bits per heavy atom. The van der Waals surface area contributed by atoms with Crippen LogP contribution in [0.1, 0.15) is 279 Å². The van der Waals surface area contributed by atoms with Crippen LogP contribution in [0.15, 0.2) is 0 Å². The molecule has 0 aromatic rings. The summed E-state index contributed by atoms with van der Waals surface area (Å²) in [7, 11) is 0. The average Bonchev–Trinajstić information content (AvgIpc) is 3.28. The highest BCUT2D eigenvalue weighted by molar-refractivity contribution is 5.57. The van der Waals surface area contributed by atoms with E-state index in [0.717, 1.165) is 32.1 Å². The van der Waals surface area contributed by atoms with Gasteiger partial charge in [-0.2, -0.15) is 0 Å². The third-order valence-electron chi connectivity index (χ3n) is 14.4. The van der Waals surface area contributed by atoms with Crippen LogP contribution in [-0.4, -0.2) is 97.5 Å². The number of hydrogen-bond donors (Lipinski definition) is 0. The van der Waals surface area contributed by atoms with Gasteiger partial charge < -0.3 is 14.6 Å². The van der Waals surface area contributed by atoms with Gasteiger partial charge in [0.25, 0.3) is 0 Å². The first-order valence-corrected chi connectivity index (χ1v) is 28.5. The minimum atomic E-state index is -0.0198. The van der Waals surface area contributed by atoms with Gasteiger partial charge in [0, 0.05) is 39.3 Å². The fraction of sp³-hybridized carbons (Fsp3) is 0.982. The number of likely N-dealkylation sites (tertiary alicyclic amines) is 1. The zero-order valence-electron chi connectivity index (χ0n) is 42.9. The molecule has 1 heterocycles. The summed E-state index contributed by atoms with van der Waals surface area (Å²) in [5.41, 5.74) is 0. The second-order valence-electron chi connectivity index (χ2n) is 20.1. The van der Waals surface area contributed by atoms with Crippen LogP contribution < -0.4 is 0 Å². The molecule has 1 atom stereocenters. The second-order valence-corrected chi connectivity index (χ2v) is 20.1. The Morgan fingerprint density at radius 2 is 0.656 bits per heavy atom. The van der Waals surface area contributed by atoms with Crippen LogP contribution >= 0.6 is 0 Å². The highest BCUT2D eigenvalue weighted by Gasteiger charge is 2.29. The molecule has 0 radical (unpaired) electrons. The van der Waals surface area contributed by atoms with Gasteiger partial charge in [0.05, 0.1) is 0 Å². The molecule has 1 rings (SSSR count). The SMILES string of the molecule is CCCCCCCCCN(CCCCCCCCC)CCN(CCCCCCCCC)CCC1CCN([C@@H](C=O)N(CCCCCCCCC)CCCCCCCCC)CC1. The summed E-state index contributed by atoms with van der Waals surface area (Å²) in [6.07, 6.45) is 53.4. The Balaban J connectivity index is 2.78. The van der Waals surface area contributed by atoms with Crippen molar-refractivity contribution in [2.24, 2.45) is 5.92 Å². The van der Waals surface area contributed by atoms with Crippen molar-refractivity contribution < 1.29 is 4.79 Å². The lowest BCUT2D eigenvalue weighted by molar-refractivity contribution is -0.120. The van der Waals surface area contributed by atoms with E-state index in [0.29, 0.717) is 0 Å². The molecule has 0 aromatic heterocycles. The van der Waals surface area contributed by atoms with Crippen LogP contribution in [0, 0.1) is 5.92 Å².